The van der Waals surface area contributed by atoms with E-state index in [4.69, 9.17) is 27.9 Å². The average molecular weight is 400 g/mol. The molecule has 0 fully saturated rings. The van der Waals surface area contributed by atoms with Gasteiger partial charge >= 0.3 is 0 Å². The number of anilines is 1. The number of carbonyl (C=O) groups excluding carboxylic acids is 2. The molecule has 0 bridgehead atoms. The second kappa shape index (κ2) is 7.22. The SMILES string of the molecule is O=C1CCN(C(=O)COc2ccc(Cl)cc2Cl)c2cc3ccccc3cc21. The summed E-state index contributed by atoms with van der Waals surface area (Å²) in [5, 5.41) is 2.79. The molecule has 0 N–H and O–H groups in total. The lowest BCUT2D eigenvalue weighted by Gasteiger charge is -2.29. The maximum absolute atomic E-state index is 12.8. The first kappa shape index (κ1) is 17.8. The molecular formula is C21H15Cl2NO3. The third-order valence-electron chi connectivity index (χ3n) is 4.56. The van der Waals surface area contributed by atoms with Gasteiger partial charge in [-0.05, 0) is 41.1 Å². The normalized spacial score (nSPS) is 13.6. The summed E-state index contributed by atoms with van der Waals surface area (Å²) in [6, 6.07) is 16.3. The van der Waals surface area contributed by atoms with Gasteiger partial charge in [0.05, 0.1) is 10.7 Å². The number of Topliss-reactive ketones (excluding diaryl/α,β-unsaturated/α-hetero) is 1. The zero-order chi connectivity index (χ0) is 19.0. The number of ether oxygens (including phenoxy) is 1. The minimum absolute atomic E-state index is 0.0430. The van der Waals surface area contributed by atoms with Crippen LogP contribution in [0.3, 0.4) is 0 Å². The van der Waals surface area contributed by atoms with Crippen molar-refractivity contribution in [2.24, 2.45) is 0 Å². The fourth-order valence-corrected chi connectivity index (χ4v) is 3.68. The summed E-state index contributed by atoms with van der Waals surface area (Å²) in [6.07, 6.45) is 0.290. The first-order valence-corrected chi connectivity index (χ1v) is 9.23. The minimum Gasteiger partial charge on any atom is -0.482 e. The molecule has 4 nitrogen and oxygen atoms in total. The molecule has 0 aromatic heterocycles. The van der Waals surface area contributed by atoms with Gasteiger partial charge in [0.25, 0.3) is 5.91 Å². The number of nitrogens with zero attached hydrogens (tertiary/aromatic N) is 1. The van der Waals surface area contributed by atoms with Gasteiger partial charge in [-0.2, -0.15) is 0 Å². The van der Waals surface area contributed by atoms with Gasteiger partial charge in [-0.15, -0.1) is 0 Å². The minimum atomic E-state index is -0.231. The van der Waals surface area contributed by atoms with Crippen LogP contribution >= 0.6 is 23.2 Å². The molecule has 1 heterocycles. The molecule has 1 aliphatic heterocycles. The highest BCUT2D eigenvalue weighted by atomic mass is 35.5. The van der Waals surface area contributed by atoms with Crippen molar-refractivity contribution in [1.29, 1.82) is 0 Å². The van der Waals surface area contributed by atoms with Crippen molar-refractivity contribution in [1.82, 2.24) is 0 Å². The number of amides is 1. The van der Waals surface area contributed by atoms with E-state index >= 15 is 0 Å². The summed E-state index contributed by atoms with van der Waals surface area (Å²) in [7, 11) is 0. The smallest absolute Gasteiger partial charge is 0.264 e. The Balaban J connectivity index is 1.61. The Morgan fingerprint density at radius 3 is 2.52 bits per heavy atom. The van der Waals surface area contributed by atoms with E-state index in [1.165, 1.54) is 0 Å². The Labute approximate surface area is 166 Å². The number of ketones is 1. The first-order valence-electron chi connectivity index (χ1n) is 8.47. The maximum Gasteiger partial charge on any atom is 0.264 e. The first-order chi connectivity index (χ1) is 13.0. The van der Waals surface area contributed by atoms with Crippen LogP contribution in [0.15, 0.2) is 54.6 Å². The van der Waals surface area contributed by atoms with E-state index in [2.05, 4.69) is 0 Å². The summed E-state index contributed by atoms with van der Waals surface area (Å²) in [5.41, 5.74) is 1.19. The Hall–Kier alpha value is -2.56. The molecule has 0 aliphatic carbocycles. The van der Waals surface area contributed by atoms with E-state index in [9.17, 15) is 9.59 Å². The van der Waals surface area contributed by atoms with Crippen molar-refractivity contribution in [3.05, 3.63) is 70.2 Å². The third kappa shape index (κ3) is 3.51. The Morgan fingerprint density at radius 2 is 1.78 bits per heavy atom. The van der Waals surface area contributed by atoms with E-state index in [0.717, 1.165) is 10.8 Å². The second-order valence-electron chi connectivity index (χ2n) is 6.30. The zero-order valence-corrected chi connectivity index (χ0v) is 15.8. The molecule has 0 radical (unpaired) electrons. The zero-order valence-electron chi connectivity index (χ0n) is 14.2. The number of halogens is 2. The summed E-state index contributed by atoms with van der Waals surface area (Å²) in [6.45, 7) is 0.155. The van der Waals surface area contributed by atoms with E-state index in [-0.39, 0.29) is 18.3 Å². The molecule has 1 aliphatic rings. The van der Waals surface area contributed by atoms with Crippen LogP contribution in [0.2, 0.25) is 10.0 Å². The molecule has 0 spiro atoms. The van der Waals surface area contributed by atoms with Gasteiger partial charge in [-0.3, -0.25) is 9.59 Å². The number of rotatable bonds is 3. The number of benzene rings is 3. The van der Waals surface area contributed by atoms with E-state index in [0.29, 0.717) is 40.0 Å². The van der Waals surface area contributed by atoms with E-state index < -0.39 is 0 Å². The largest absolute Gasteiger partial charge is 0.482 e. The number of hydrogen-bond donors (Lipinski definition) is 0. The highest BCUT2D eigenvalue weighted by molar-refractivity contribution is 6.35. The number of hydrogen-bond acceptors (Lipinski definition) is 3. The molecule has 1 amide bonds. The molecule has 3 aromatic rings. The molecule has 0 unspecified atom stereocenters. The van der Waals surface area contributed by atoms with Crippen molar-refractivity contribution >= 4 is 51.4 Å². The topological polar surface area (TPSA) is 46.6 Å². The van der Waals surface area contributed by atoms with Crippen molar-refractivity contribution in [3.8, 4) is 5.75 Å². The lowest BCUT2D eigenvalue weighted by Crippen LogP contribution is -2.40. The van der Waals surface area contributed by atoms with Gasteiger partial charge in [0.15, 0.2) is 12.4 Å². The standard InChI is InChI=1S/C21H15Cl2NO3/c22-15-5-6-20(17(23)11-15)27-12-21(26)24-8-7-19(25)16-9-13-3-1-2-4-14(13)10-18(16)24/h1-6,9-11H,7-8,12H2. The lowest BCUT2D eigenvalue weighted by atomic mass is 9.96. The Morgan fingerprint density at radius 1 is 1.04 bits per heavy atom. The van der Waals surface area contributed by atoms with Crippen molar-refractivity contribution < 1.29 is 14.3 Å². The molecule has 0 atom stereocenters. The van der Waals surface area contributed by atoms with Gasteiger partial charge in [0.2, 0.25) is 0 Å². The van der Waals surface area contributed by atoms with Crippen LogP contribution in [-0.4, -0.2) is 24.8 Å². The van der Waals surface area contributed by atoms with Crippen LogP contribution in [0.25, 0.3) is 10.8 Å². The highest BCUT2D eigenvalue weighted by Crippen LogP contribution is 2.32. The molecule has 4 rings (SSSR count). The van der Waals surface area contributed by atoms with Crippen LogP contribution in [0.5, 0.6) is 5.75 Å². The van der Waals surface area contributed by atoms with Crippen LogP contribution in [0, 0.1) is 0 Å². The Kier molecular flexibility index (Phi) is 4.77. The lowest BCUT2D eigenvalue weighted by molar-refractivity contribution is -0.120. The quantitative estimate of drug-likeness (QED) is 0.611. The van der Waals surface area contributed by atoms with Crippen LogP contribution in [0.4, 0.5) is 5.69 Å². The molecule has 27 heavy (non-hydrogen) atoms. The van der Waals surface area contributed by atoms with Crippen molar-refractivity contribution in [2.45, 2.75) is 6.42 Å². The van der Waals surface area contributed by atoms with Crippen molar-refractivity contribution in [3.63, 3.8) is 0 Å². The molecule has 0 saturated heterocycles. The molecule has 0 saturated carbocycles. The van der Waals surface area contributed by atoms with Gasteiger partial charge in [0.1, 0.15) is 5.75 Å². The predicted octanol–water partition coefficient (Wildman–Crippen LogP) is 5.15. The Bertz CT molecular complexity index is 1060. The summed E-state index contributed by atoms with van der Waals surface area (Å²) >= 11 is 12.0. The fraction of sp³-hybridized carbons (Fsp3) is 0.143. The highest BCUT2D eigenvalue weighted by Gasteiger charge is 2.28. The molecule has 6 heteroatoms. The predicted molar refractivity (Wildman–Crippen MR) is 107 cm³/mol. The average Bonchev–Trinajstić information content (AvgIpc) is 2.66. The summed E-state index contributed by atoms with van der Waals surface area (Å²) in [5.74, 6) is 0.202. The van der Waals surface area contributed by atoms with Gasteiger partial charge in [-0.1, -0.05) is 47.5 Å². The molecule has 3 aromatic carbocycles. The summed E-state index contributed by atoms with van der Waals surface area (Å²) < 4.78 is 5.57. The van der Waals surface area contributed by atoms with Crippen LogP contribution in [-0.2, 0) is 4.79 Å². The second-order valence-corrected chi connectivity index (χ2v) is 7.14. The number of fused-ring (bicyclic) bond motifs is 2. The van der Waals surface area contributed by atoms with Gasteiger partial charge < -0.3 is 9.64 Å². The van der Waals surface area contributed by atoms with Gasteiger partial charge in [-0.25, -0.2) is 0 Å². The molecule has 136 valence electrons. The monoisotopic (exact) mass is 399 g/mol. The van der Waals surface area contributed by atoms with Crippen LogP contribution in [0.1, 0.15) is 16.8 Å². The van der Waals surface area contributed by atoms with Gasteiger partial charge in [0, 0.05) is 23.6 Å². The molecular weight excluding hydrogens is 385 g/mol. The van der Waals surface area contributed by atoms with E-state index in [1.807, 2.05) is 36.4 Å². The van der Waals surface area contributed by atoms with E-state index in [1.54, 1.807) is 23.1 Å². The number of carbonyl (C=O) groups is 2. The maximum atomic E-state index is 12.8. The summed E-state index contributed by atoms with van der Waals surface area (Å²) in [4.78, 5) is 26.7. The van der Waals surface area contributed by atoms with Crippen molar-refractivity contribution in [2.75, 3.05) is 18.1 Å². The van der Waals surface area contributed by atoms with Crippen LogP contribution < -0.4 is 9.64 Å². The fourth-order valence-electron chi connectivity index (χ4n) is 3.21. The third-order valence-corrected chi connectivity index (χ3v) is 5.09.